The largest absolute Gasteiger partial charge is 0.0654 e. The molecule has 0 fully saturated rings. The van der Waals surface area contributed by atoms with Gasteiger partial charge in [0.2, 0.25) is 0 Å². The molecule has 108 valence electrons. The highest BCUT2D eigenvalue weighted by molar-refractivity contribution is 4.36. The van der Waals surface area contributed by atoms with Crippen molar-refractivity contribution in [1.29, 1.82) is 0 Å². The van der Waals surface area contributed by atoms with Gasteiger partial charge in [0.15, 0.2) is 0 Å². The summed E-state index contributed by atoms with van der Waals surface area (Å²) in [6.45, 7) is 13.3. The van der Waals surface area contributed by atoms with Crippen molar-refractivity contribution in [3.8, 4) is 0 Å². The summed E-state index contributed by atoms with van der Waals surface area (Å²) in [5.41, 5.74) is 0. The molecule has 0 amide bonds. The quantitative estimate of drug-likeness (QED) is 0.391. The molecule has 0 spiro atoms. The van der Waals surface area contributed by atoms with Crippen LogP contribution in [0.4, 0.5) is 0 Å². The third kappa shape index (κ3) is 49.0. The first-order valence-electron chi connectivity index (χ1n) is 8.24. The van der Waals surface area contributed by atoms with Gasteiger partial charge in [-0.15, -0.1) is 0 Å². The first kappa shape index (κ1) is 22.2. The second-order valence-corrected chi connectivity index (χ2v) is 4.77. The molecule has 0 aromatic heterocycles. The van der Waals surface area contributed by atoms with Crippen LogP contribution in [-0.4, -0.2) is 0 Å². The number of hydrogen-bond acceptors (Lipinski definition) is 0. The van der Waals surface area contributed by atoms with Gasteiger partial charge in [-0.2, -0.15) is 0 Å². The second-order valence-electron chi connectivity index (χ2n) is 4.77. The van der Waals surface area contributed by atoms with Crippen LogP contribution < -0.4 is 0 Å². The molecule has 0 aromatic rings. The average molecular weight is 245 g/mol. The monoisotopic (exact) mass is 244 g/mol. The SMILES string of the molecule is CCCC.CCCCCC.CCCCCCC. The summed E-state index contributed by atoms with van der Waals surface area (Å²) in [6.07, 6.45) is 15.2. The number of unbranched alkanes of at least 4 members (excludes halogenated alkanes) is 8. The van der Waals surface area contributed by atoms with Crippen molar-refractivity contribution in [3.63, 3.8) is 0 Å². The maximum Gasteiger partial charge on any atom is -0.0533 e. The zero-order valence-electron chi connectivity index (χ0n) is 13.8. The topological polar surface area (TPSA) is 0 Å². The van der Waals surface area contributed by atoms with E-state index >= 15 is 0 Å². The second kappa shape index (κ2) is 29.8. The Morgan fingerprint density at radius 1 is 0.294 bits per heavy atom. The molecule has 0 unspecified atom stereocenters. The molecule has 0 N–H and O–H groups in total. The molecular formula is C17H40. The van der Waals surface area contributed by atoms with Crippen LogP contribution in [0.5, 0.6) is 0 Å². The van der Waals surface area contributed by atoms with Gasteiger partial charge in [0.25, 0.3) is 0 Å². The Morgan fingerprint density at radius 3 is 0.706 bits per heavy atom. The van der Waals surface area contributed by atoms with Crippen molar-refractivity contribution >= 4 is 0 Å². The Balaban J connectivity index is -0.000000180. The lowest BCUT2D eigenvalue weighted by molar-refractivity contribution is 0.656. The van der Waals surface area contributed by atoms with E-state index in [1.165, 1.54) is 70.6 Å². The van der Waals surface area contributed by atoms with Crippen LogP contribution in [-0.2, 0) is 0 Å². The smallest absolute Gasteiger partial charge is 0.0533 e. The highest BCUT2D eigenvalue weighted by Crippen LogP contribution is 2.00. The van der Waals surface area contributed by atoms with E-state index in [9.17, 15) is 0 Å². The molecule has 0 radical (unpaired) electrons. The number of rotatable bonds is 8. The van der Waals surface area contributed by atoms with Gasteiger partial charge in [0.1, 0.15) is 0 Å². The standard InChI is InChI=1S/C7H16.C6H14.C4H10/c1-3-5-7-6-4-2;1-3-5-6-4-2;1-3-4-2/h3-7H2,1-2H3;3-6H2,1-2H3;3-4H2,1-2H3. The third-order valence-corrected chi connectivity index (χ3v) is 2.66. The fourth-order valence-electron chi connectivity index (χ4n) is 1.18. The van der Waals surface area contributed by atoms with E-state index in [4.69, 9.17) is 0 Å². The van der Waals surface area contributed by atoms with Crippen LogP contribution in [0.1, 0.15) is 112 Å². The lowest BCUT2D eigenvalue weighted by Gasteiger charge is -1.90. The Hall–Kier alpha value is 0. The van der Waals surface area contributed by atoms with E-state index in [0.29, 0.717) is 0 Å². The first-order valence-corrected chi connectivity index (χ1v) is 8.24. The molecule has 0 bridgehead atoms. The van der Waals surface area contributed by atoms with Crippen LogP contribution in [0.25, 0.3) is 0 Å². The summed E-state index contributed by atoms with van der Waals surface area (Å²) in [4.78, 5) is 0. The first-order chi connectivity index (χ1) is 8.24. The van der Waals surface area contributed by atoms with Gasteiger partial charge in [0.05, 0.1) is 0 Å². The molecule has 0 heterocycles. The Morgan fingerprint density at radius 2 is 0.529 bits per heavy atom. The van der Waals surface area contributed by atoms with E-state index in [1.54, 1.807) is 0 Å². The Kier molecular flexibility index (Phi) is 38.9. The molecule has 0 nitrogen and oxygen atoms in total. The van der Waals surface area contributed by atoms with Crippen molar-refractivity contribution in [3.05, 3.63) is 0 Å². The van der Waals surface area contributed by atoms with Gasteiger partial charge in [-0.1, -0.05) is 112 Å². The maximum atomic E-state index is 2.25. The molecule has 0 saturated heterocycles. The molecule has 0 aliphatic rings. The molecular weight excluding hydrogens is 204 g/mol. The van der Waals surface area contributed by atoms with Gasteiger partial charge in [0, 0.05) is 0 Å². The van der Waals surface area contributed by atoms with Crippen LogP contribution in [0.2, 0.25) is 0 Å². The van der Waals surface area contributed by atoms with Gasteiger partial charge in [-0.25, -0.2) is 0 Å². The number of hydrogen-bond donors (Lipinski definition) is 0. The fraction of sp³-hybridized carbons (Fsp3) is 1.00. The molecule has 0 heteroatoms. The van der Waals surface area contributed by atoms with Crippen LogP contribution in [0.3, 0.4) is 0 Å². The van der Waals surface area contributed by atoms with E-state index in [1.807, 2.05) is 0 Å². The lowest BCUT2D eigenvalue weighted by Crippen LogP contribution is -1.70. The zero-order chi connectivity index (χ0) is 13.8. The van der Waals surface area contributed by atoms with Gasteiger partial charge < -0.3 is 0 Å². The molecule has 0 aliphatic heterocycles. The zero-order valence-corrected chi connectivity index (χ0v) is 13.8. The van der Waals surface area contributed by atoms with Gasteiger partial charge in [-0.3, -0.25) is 0 Å². The van der Waals surface area contributed by atoms with Crippen LogP contribution in [0.15, 0.2) is 0 Å². The summed E-state index contributed by atoms with van der Waals surface area (Å²) in [6, 6.07) is 0. The van der Waals surface area contributed by atoms with E-state index in [-0.39, 0.29) is 0 Å². The Labute approximate surface area is 113 Å². The Bertz CT molecular complexity index is 66.1. The fourth-order valence-corrected chi connectivity index (χ4v) is 1.18. The predicted octanol–water partition coefficient (Wildman–Crippen LogP) is 7.37. The summed E-state index contributed by atoms with van der Waals surface area (Å²) < 4.78 is 0. The summed E-state index contributed by atoms with van der Waals surface area (Å²) >= 11 is 0. The normalized spacial score (nSPS) is 8.82. The van der Waals surface area contributed by atoms with Crippen LogP contribution in [0, 0.1) is 0 Å². The molecule has 0 atom stereocenters. The summed E-state index contributed by atoms with van der Waals surface area (Å²) in [7, 11) is 0. The van der Waals surface area contributed by atoms with Crippen LogP contribution >= 0.6 is 0 Å². The minimum Gasteiger partial charge on any atom is -0.0654 e. The van der Waals surface area contributed by atoms with Crippen molar-refractivity contribution in [2.45, 2.75) is 112 Å². The van der Waals surface area contributed by atoms with Crippen molar-refractivity contribution in [2.75, 3.05) is 0 Å². The highest BCUT2D eigenvalue weighted by atomic mass is 13.9. The van der Waals surface area contributed by atoms with Crippen molar-refractivity contribution in [2.24, 2.45) is 0 Å². The summed E-state index contributed by atoms with van der Waals surface area (Å²) in [5, 5.41) is 0. The van der Waals surface area contributed by atoms with E-state index in [0.717, 1.165) is 0 Å². The van der Waals surface area contributed by atoms with Gasteiger partial charge >= 0.3 is 0 Å². The third-order valence-electron chi connectivity index (χ3n) is 2.66. The van der Waals surface area contributed by atoms with E-state index in [2.05, 4.69) is 41.5 Å². The molecule has 0 saturated carbocycles. The van der Waals surface area contributed by atoms with E-state index < -0.39 is 0 Å². The lowest BCUT2D eigenvalue weighted by atomic mass is 10.2. The highest BCUT2D eigenvalue weighted by Gasteiger charge is 1.80. The molecule has 0 aromatic carbocycles. The van der Waals surface area contributed by atoms with Crippen molar-refractivity contribution < 1.29 is 0 Å². The molecule has 0 aliphatic carbocycles. The minimum absolute atomic E-state index is 1.32. The average Bonchev–Trinajstić information content (AvgIpc) is 2.38. The minimum atomic E-state index is 1.32. The predicted molar refractivity (Wildman–Crippen MR) is 84.8 cm³/mol. The molecule has 0 rings (SSSR count). The van der Waals surface area contributed by atoms with Gasteiger partial charge in [-0.05, 0) is 0 Å². The summed E-state index contributed by atoms with van der Waals surface area (Å²) in [5.74, 6) is 0. The van der Waals surface area contributed by atoms with Crippen molar-refractivity contribution in [1.82, 2.24) is 0 Å². The maximum absolute atomic E-state index is 2.25. The molecule has 17 heavy (non-hydrogen) atoms.